The van der Waals surface area contributed by atoms with Crippen molar-refractivity contribution in [2.24, 2.45) is 0 Å². The van der Waals surface area contributed by atoms with Crippen LogP contribution >= 0.6 is 0 Å². The van der Waals surface area contributed by atoms with Crippen LogP contribution in [-0.4, -0.2) is 47.1 Å². The van der Waals surface area contributed by atoms with E-state index in [4.69, 9.17) is 0 Å². The van der Waals surface area contributed by atoms with Crippen LogP contribution in [0.4, 0.5) is 16.3 Å². The Hall–Kier alpha value is -3.41. The van der Waals surface area contributed by atoms with Gasteiger partial charge in [-0.25, -0.2) is 14.8 Å². The minimum atomic E-state index is -0.0429. The summed E-state index contributed by atoms with van der Waals surface area (Å²) in [6.07, 6.45) is 2.51. The molecule has 0 saturated carbocycles. The van der Waals surface area contributed by atoms with E-state index in [1.54, 1.807) is 6.33 Å². The van der Waals surface area contributed by atoms with E-state index in [0.717, 1.165) is 47.8 Å². The van der Waals surface area contributed by atoms with Crippen molar-refractivity contribution in [2.45, 2.75) is 20.3 Å². The second-order valence-corrected chi connectivity index (χ2v) is 7.55. The SMILES string of the molecule is CCc1ccccc1NC(=O)N1CCN(c2cc(-c3cccc(C)c3)ncn2)CC1. The number of nitrogens with one attached hydrogen (secondary N) is 1. The van der Waals surface area contributed by atoms with Crippen LogP contribution in [0.5, 0.6) is 0 Å². The van der Waals surface area contributed by atoms with Gasteiger partial charge in [-0.2, -0.15) is 0 Å². The Bertz CT molecular complexity index is 1030. The molecular formula is C24H27N5O. The van der Waals surface area contributed by atoms with Crippen LogP contribution in [0.2, 0.25) is 0 Å². The second-order valence-electron chi connectivity index (χ2n) is 7.55. The summed E-state index contributed by atoms with van der Waals surface area (Å²) < 4.78 is 0. The van der Waals surface area contributed by atoms with Crippen molar-refractivity contribution in [1.82, 2.24) is 14.9 Å². The van der Waals surface area contributed by atoms with Gasteiger partial charge in [0.25, 0.3) is 0 Å². The third kappa shape index (κ3) is 4.43. The number of anilines is 2. The molecule has 1 aliphatic rings. The van der Waals surface area contributed by atoms with E-state index in [-0.39, 0.29) is 6.03 Å². The molecule has 6 heteroatoms. The Kier molecular flexibility index (Phi) is 5.93. The predicted octanol–water partition coefficient (Wildman–Crippen LogP) is 4.37. The van der Waals surface area contributed by atoms with Crippen molar-refractivity contribution in [3.05, 3.63) is 72.1 Å². The second kappa shape index (κ2) is 8.95. The molecule has 0 aliphatic carbocycles. The van der Waals surface area contributed by atoms with E-state index in [1.807, 2.05) is 35.2 Å². The molecule has 30 heavy (non-hydrogen) atoms. The largest absolute Gasteiger partial charge is 0.353 e. The smallest absolute Gasteiger partial charge is 0.321 e. The Morgan fingerprint density at radius 3 is 2.57 bits per heavy atom. The van der Waals surface area contributed by atoms with Gasteiger partial charge in [0, 0.05) is 43.5 Å². The summed E-state index contributed by atoms with van der Waals surface area (Å²) in [6.45, 7) is 6.97. The molecule has 0 radical (unpaired) electrons. The first-order valence-corrected chi connectivity index (χ1v) is 10.4. The highest BCUT2D eigenvalue weighted by atomic mass is 16.2. The third-order valence-corrected chi connectivity index (χ3v) is 5.50. The number of carbonyl (C=O) groups excluding carboxylic acids is 1. The minimum Gasteiger partial charge on any atom is -0.353 e. The number of carbonyl (C=O) groups is 1. The number of hydrogen-bond acceptors (Lipinski definition) is 4. The van der Waals surface area contributed by atoms with Gasteiger partial charge in [-0.1, -0.05) is 48.9 Å². The number of aromatic nitrogens is 2. The number of aryl methyl sites for hydroxylation is 2. The standard InChI is InChI=1S/C24H27N5O/c1-3-19-8-4-5-10-21(19)27-24(30)29-13-11-28(12-14-29)23-16-22(25-17-26-23)20-9-6-7-18(2)15-20/h4-10,15-17H,3,11-14H2,1-2H3,(H,27,30). The zero-order valence-corrected chi connectivity index (χ0v) is 17.5. The van der Waals surface area contributed by atoms with Crippen molar-refractivity contribution in [2.75, 3.05) is 36.4 Å². The predicted molar refractivity (Wildman–Crippen MR) is 121 cm³/mol. The summed E-state index contributed by atoms with van der Waals surface area (Å²) in [5.41, 5.74) is 5.25. The van der Waals surface area contributed by atoms with E-state index in [9.17, 15) is 4.79 Å². The molecule has 1 aromatic heterocycles. The van der Waals surface area contributed by atoms with Gasteiger partial charge in [0.1, 0.15) is 12.1 Å². The fraction of sp³-hybridized carbons (Fsp3) is 0.292. The molecule has 1 N–H and O–H groups in total. The van der Waals surface area contributed by atoms with Gasteiger partial charge < -0.3 is 15.1 Å². The summed E-state index contributed by atoms with van der Waals surface area (Å²) in [5, 5.41) is 3.06. The fourth-order valence-corrected chi connectivity index (χ4v) is 3.77. The molecule has 2 aromatic carbocycles. The number of benzene rings is 2. The van der Waals surface area contributed by atoms with E-state index < -0.39 is 0 Å². The number of urea groups is 1. The number of para-hydroxylation sites is 1. The molecule has 2 heterocycles. The Morgan fingerprint density at radius 1 is 1.00 bits per heavy atom. The van der Waals surface area contributed by atoms with E-state index >= 15 is 0 Å². The maximum atomic E-state index is 12.7. The maximum absolute atomic E-state index is 12.7. The molecule has 1 fully saturated rings. The number of rotatable bonds is 4. The lowest BCUT2D eigenvalue weighted by molar-refractivity contribution is 0.208. The third-order valence-electron chi connectivity index (χ3n) is 5.50. The average molecular weight is 402 g/mol. The molecule has 3 aromatic rings. The molecule has 0 atom stereocenters. The van der Waals surface area contributed by atoms with Gasteiger partial charge in [-0.3, -0.25) is 0 Å². The number of piperazine rings is 1. The van der Waals surface area contributed by atoms with Gasteiger partial charge in [0.05, 0.1) is 5.69 Å². The zero-order valence-electron chi connectivity index (χ0n) is 17.5. The van der Waals surface area contributed by atoms with Crippen molar-refractivity contribution < 1.29 is 4.79 Å². The highest BCUT2D eigenvalue weighted by Gasteiger charge is 2.22. The Morgan fingerprint density at radius 2 is 1.80 bits per heavy atom. The van der Waals surface area contributed by atoms with Gasteiger partial charge >= 0.3 is 6.03 Å². The topological polar surface area (TPSA) is 61.4 Å². The van der Waals surface area contributed by atoms with Crippen molar-refractivity contribution in [1.29, 1.82) is 0 Å². The van der Waals surface area contributed by atoms with Crippen LogP contribution in [0.1, 0.15) is 18.1 Å². The van der Waals surface area contributed by atoms with Crippen LogP contribution in [0.3, 0.4) is 0 Å². The summed E-state index contributed by atoms with van der Waals surface area (Å²) in [7, 11) is 0. The highest BCUT2D eigenvalue weighted by molar-refractivity contribution is 5.90. The molecule has 2 amide bonds. The van der Waals surface area contributed by atoms with E-state index in [2.05, 4.69) is 58.3 Å². The first-order valence-electron chi connectivity index (χ1n) is 10.4. The normalized spacial score (nSPS) is 13.9. The van der Waals surface area contributed by atoms with Crippen LogP contribution < -0.4 is 10.2 Å². The summed E-state index contributed by atoms with van der Waals surface area (Å²) in [4.78, 5) is 25.7. The quantitative estimate of drug-likeness (QED) is 0.705. The molecule has 1 aliphatic heterocycles. The Balaban J connectivity index is 1.40. The average Bonchev–Trinajstić information content (AvgIpc) is 2.79. The monoisotopic (exact) mass is 401 g/mol. The first-order chi connectivity index (χ1) is 14.6. The fourth-order valence-electron chi connectivity index (χ4n) is 3.77. The zero-order chi connectivity index (χ0) is 20.9. The van der Waals surface area contributed by atoms with Gasteiger partial charge in [0.2, 0.25) is 0 Å². The maximum Gasteiger partial charge on any atom is 0.321 e. The highest BCUT2D eigenvalue weighted by Crippen LogP contribution is 2.23. The van der Waals surface area contributed by atoms with Crippen LogP contribution in [-0.2, 0) is 6.42 Å². The molecule has 154 valence electrons. The lowest BCUT2D eigenvalue weighted by Crippen LogP contribution is -2.50. The molecule has 0 spiro atoms. The lowest BCUT2D eigenvalue weighted by atomic mass is 10.1. The summed E-state index contributed by atoms with van der Waals surface area (Å²) in [5.74, 6) is 0.901. The van der Waals surface area contributed by atoms with Gasteiger partial charge in [-0.05, 0) is 31.0 Å². The summed E-state index contributed by atoms with van der Waals surface area (Å²) >= 11 is 0. The van der Waals surface area contributed by atoms with Crippen molar-refractivity contribution in [3.8, 4) is 11.3 Å². The van der Waals surface area contributed by atoms with Crippen molar-refractivity contribution >= 4 is 17.5 Å². The molecule has 6 nitrogen and oxygen atoms in total. The van der Waals surface area contributed by atoms with Gasteiger partial charge in [0.15, 0.2) is 0 Å². The van der Waals surface area contributed by atoms with E-state index in [1.165, 1.54) is 5.56 Å². The molecule has 1 saturated heterocycles. The van der Waals surface area contributed by atoms with Gasteiger partial charge in [-0.15, -0.1) is 0 Å². The Labute approximate surface area is 177 Å². The molecule has 0 bridgehead atoms. The van der Waals surface area contributed by atoms with Crippen LogP contribution in [0.15, 0.2) is 60.9 Å². The molecule has 4 rings (SSSR count). The van der Waals surface area contributed by atoms with E-state index in [0.29, 0.717) is 13.1 Å². The molecule has 0 unspecified atom stereocenters. The van der Waals surface area contributed by atoms with Crippen LogP contribution in [0, 0.1) is 6.92 Å². The number of nitrogens with zero attached hydrogens (tertiary/aromatic N) is 4. The molecular weight excluding hydrogens is 374 g/mol. The lowest BCUT2D eigenvalue weighted by Gasteiger charge is -2.35. The van der Waals surface area contributed by atoms with Crippen LogP contribution in [0.25, 0.3) is 11.3 Å². The van der Waals surface area contributed by atoms with Crippen molar-refractivity contribution in [3.63, 3.8) is 0 Å². The number of amides is 2. The first kappa shape index (κ1) is 19.9. The minimum absolute atomic E-state index is 0.0429. The summed E-state index contributed by atoms with van der Waals surface area (Å²) in [6, 6.07) is 18.3. The number of hydrogen-bond donors (Lipinski definition) is 1.